The molecule has 0 saturated carbocycles. The minimum atomic E-state index is 0.186. The van der Waals surface area contributed by atoms with Crippen molar-refractivity contribution in [2.45, 2.75) is 38.3 Å². The molecule has 2 unspecified atom stereocenters. The zero-order chi connectivity index (χ0) is 14.7. The number of likely N-dealkylation sites (tertiary alicyclic amines) is 1. The van der Waals surface area contributed by atoms with Crippen molar-refractivity contribution in [2.24, 2.45) is 5.73 Å². The third-order valence-corrected chi connectivity index (χ3v) is 4.60. The van der Waals surface area contributed by atoms with Crippen LogP contribution < -0.4 is 10.6 Å². The molecule has 1 saturated heterocycles. The summed E-state index contributed by atoms with van der Waals surface area (Å²) in [5, 5.41) is 0. The van der Waals surface area contributed by atoms with Crippen LogP contribution in [-0.4, -0.2) is 44.2 Å². The smallest absolute Gasteiger partial charge is 0.0414 e. The van der Waals surface area contributed by atoms with Crippen LogP contribution in [0.5, 0.6) is 0 Å². The highest BCUT2D eigenvalue weighted by molar-refractivity contribution is 9.10. The molecule has 2 rings (SSSR count). The first-order valence-corrected chi connectivity index (χ1v) is 8.22. The van der Waals surface area contributed by atoms with E-state index >= 15 is 0 Å². The number of likely N-dealkylation sites (N-methyl/N-ethyl adjacent to an activating group) is 2. The van der Waals surface area contributed by atoms with Crippen LogP contribution in [0.1, 0.15) is 25.3 Å². The van der Waals surface area contributed by atoms with Crippen LogP contribution >= 0.6 is 15.9 Å². The van der Waals surface area contributed by atoms with Crippen LogP contribution in [0.25, 0.3) is 0 Å². The number of nitrogens with two attached hydrogens (primary N) is 1. The fourth-order valence-electron chi connectivity index (χ4n) is 3.06. The largest absolute Gasteiger partial charge is 0.370 e. The molecule has 3 nitrogen and oxygen atoms in total. The van der Waals surface area contributed by atoms with E-state index in [-0.39, 0.29) is 6.04 Å². The van der Waals surface area contributed by atoms with Crippen molar-refractivity contribution >= 4 is 21.6 Å². The van der Waals surface area contributed by atoms with Gasteiger partial charge in [-0.15, -0.1) is 0 Å². The molecule has 0 aliphatic carbocycles. The average molecular weight is 340 g/mol. The van der Waals surface area contributed by atoms with Crippen LogP contribution in [0.2, 0.25) is 0 Å². The third kappa shape index (κ3) is 3.96. The molecule has 20 heavy (non-hydrogen) atoms. The molecule has 112 valence electrons. The molecule has 1 fully saturated rings. The number of piperidine rings is 1. The maximum Gasteiger partial charge on any atom is 0.0414 e. The number of hydrogen-bond acceptors (Lipinski definition) is 3. The number of halogens is 1. The van der Waals surface area contributed by atoms with Gasteiger partial charge >= 0.3 is 0 Å². The Bertz CT molecular complexity index is 447. The first kappa shape index (κ1) is 15.8. The molecule has 1 aliphatic rings. The fraction of sp³-hybridized carbons (Fsp3) is 0.625. The number of hydrogen-bond donors (Lipinski definition) is 1. The van der Waals surface area contributed by atoms with E-state index in [1.807, 2.05) is 0 Å². The molecule has 0 bridgehead atoms. The highest BCUT2D eigenvalue weighted by Crippen LogP contribution is 2.28. The van der Waals surface area contributed by atoms with Crippen LogP contribution in [0, 0.1) is 0 Å². The summed E-state index contributed by atoms with van der Waals surface area (Å²) in [7, 11) is 4.43. The van der Waals surface area contributed by atoms with Gasteiger partial charge < -0.3 is 15.5 Å². The zero-order valence-electron chi connectivity index (χ0n) is 12.8. The number of anilines is 1. The lowest BCUT2D eigenvalue weighted by molar-refractivity contribution is 0.248. The highest BCUT2D eigenvalue weighted by atomic mass is 79.9. The Morgan fingerprint density at radius 2 is 2.25 bits per heavy atom. The molecule has 0 aromatic heterocycles. The molecule has 2 N–H and O–H groups in total. The highest BCUT2D eigenvalue weighted by Gasteiger charge is 2.23. The van der Waals surface area contributed by atoms with E-state index in [2.05, 4.69) is 64.9 Å². The van der Waals surface area contributed by atoms with E-state index in [0.717, 1.165) is 17.4 Å². The van der Waals surface area contributed by atoms with Crippen LogP contribution in [0.3, 0.4) is 0 Å². The van der Waals surface area contributed by atoms with Gasteiger partial charge in [-0.3, -0.25) is 0 Å². The Kier molecular flexibility index (Phi) is 5.47. The van der Waals surface area contributed by atoms with Crippen LogP contribution in [-0.2, 0) is 6.42 Å². The SMILES string of the molecule is CC(N)Cc1cc(Br)ccc1N(C)C1CCCN(C)C1. The van der Waals surface area contributed by atoms with Crippen molar-refractivity contribution < 1.29 is 0 Å². The predicted molar refractivity (Wildman–Crippen MR) is 90.4 cm³/mol. The van der Waals surface area contributed by atoms with Gasteiger partial charge in [0.2, 0.25) is 0 Å². The lowest BCUT2D eigenvalue weighted by atomic mass is 10.0. The number of benzene rings is 1. The summed E-state index contributed by atoms with van der Waals surface area (Å²) < 4.78 is 1.13. The zero-order valence-corrected chi connectivity index (χ0v) is 14.4. The minimum absolute atomic E-state index is 0.186. The first-order valence-electron chi connectivity index (χ1n) is 7.42. The van der Waals surface area contributed by atoms with Crippen LogP contribution in [0.4, 0.5) is 5.69 Å². The second kappa shape index (κ2) is 6.92. The third-order valence-electron chi connectivity index (χ3n) is 4.11. The molecular weight excluding hydrogens is 314 g/mol. The van der Waals surface area contributed by atoms with E-state index in [1.54, 1.807) is 0 Å². The summed E-state index contributed by atoms with van der Waals surface area (Å²) in [6, 6.07) is 7.34. The fourth-order valence-corrected chi connectivity index (χ4v) is 3.47. The molecule has 1 aromatic carbocycles. The van der Waals surface area contributed by atoms with E-state index < -0.39 is 0 Å². The van der Waals surface area contributed by atoms with E-state index in [4.69, 9.17) is 5.73 Å². The van der Waals surface area contributed by atoms with Crippen molar-refractivity contribution in [3.05, 3.63) is 28.2 Å². The first-order chi connectivity index (χ1) is 9.47. The minimum Gasteiger partial charge on any atom is -0.370 e. The van der Waals surface area contributed by atoms with E-state index in [0.29, 0.717) is 6.04 Å². The van der Waals surface area contributed by atoms with Gasteiger partial charge in [-0.05, 0) is 63.5 Å². The Morgan fingerprint density at radius 1 is 1.50 bits per heavy atom. The maximum absolute atomic E-state index is 6.00. The monoisotopic (exact) mass is 339 g/mol. The van der Waals surface area contributed by atoms with E-state index in [9.17, 15) is 0 Å². The molecule has 0 spiro atoms. The predicted octanol–water partition coefficient (Wildman–Crippen LogP) is 2.87. The quantitative estimate of drug-likeness (QED) is 0.915. The molecular formula is C16H26BrN3. The van der Waals surface area contributed by atoms with Crippen molar-refractivity contribution in [3.8, 4) is 0 Å². The topological polar surface area (TPSA) is 32.5 Å². The van der Waals surface area contributed by atoms with Gasteiger partial charge in [0.25, 0.3) is 0 Å². The summed E-state index contributed by atoms with van der Waals surface area (Å²) in [6.45, 7) is 4.43. The lowest BCUT2D eigenvalue weighted by Gasteiger charge is -2.38. The Morgan fingerprint density at radius 3 is 2.90 bits per heavy atom. The maximum atomic E-state index is 6.00. The van der Waals surface area contributed by atoms with Gasteiger partial charge in [0, 0.05) is 35.8 Å². The van der Waals surface area contributed by atoms with Gasteiger partial charge in [0.05, 0.1) is 0 Å². The summed E-state index contributed by atoms with van der Waals surface area (Å²) >= 11 is 3.57. The van der Waals surface area contributed by atoms with Crippen molar-refractivity contribution in [3.63, 3.8) is 0 Å². The van der Waals surface area contributed by atoms with Gasteiger partial charge in [-0.2, -0.15) is 0 Å². The Balaban J connectivity index is 2.21. The summed E-state index contributed by atoms with van der Waals surface area (Å²) in [5.41, 5.74) is 8.66. The van der Waals surface area contributed by atoms with Crippen molar-refractivity contribution in [1.82, 2.24) is 4.90 Å². The number of nitrogens with zero attached hydrogens (tertiary/aromatic N) is 2. The lowest BCUT2D eigenvalue weighted by Crippen LogP contribution is -2.45. The van der Waals surface area contributed by atoms with Gasteiger partial charge in [-0.1, -0.05) is 15.9 Å². The normalized spacial score (nSPS) is 21.8. The van der Waals surface area contributed by atoms with Crippen LogP contribution in [0.15, 0.2) is 22.7 Å². The summed E-state index contributed by atoms with van der Waals surface area (Å²) in [5.74, 6) is 0. The summed E-state index contributed by atoms with van der Waals surface area (Å²) in [6.07, 6.45) is 3.47. The Hall–Kier alpha value is -0.580. The van der Waals surface area contributed by atoms with Gasteiger partial charge in [-0.25, -0.2) is 0 Å². The van der Waals surface area contributed by atoms with Crippen molar-refractivity contribution in [2.75, 3.05) is 32.1 Å². The van der Waals surface area contributed by atoms with Crippen molar-refractivity contribution in [1.29, 1.82) is 0 Å². The van der Waals surface area contributed by atoms with E-state index in [1.165, 1.54) is 30.6 Å². The molecule has 1 aliphatic heterocycles. The van der Waals surface area contributed by atoms with Gasteiger partial charge in [0.15, 0.2) is 0 Å². The summed E-state index contributed by atoms with van der Waals surface area (Å²) in [4.78, 5) is 4.87. The molecule has 4 heteroatoms. The van der Waals surface area contributed by atoms with Gasteiger partial charge in [0.1, 0.15) is 0 Å². The molecule has 1 heterocycles. The molecule has 1 aromatic rings. The Labute approximate surface area is 131 Å². The second-order valence-corrected chi connectivity index (χ2v) is 7.04. The standard InChI is InChI=1S/C16H26BrN3/c1-12(18)9-13-10-14(17)6-7-16(13)20(3)15-5-4-8-19(2)11-15/h6-7,10,12,15H,4-5,8-9,11,18H2,1-3H3. The molecule has 0 amide bonds. The number of rotatable bonds is 4. The second-order valence-electron chi connectivity index (χ2n) is 6.12. The molecule has 2 atom stereocenters. The average Bonchev–Trinajstić information content (AvgIpc) is 2.37. The molecule has 0 radical (unpaired) electrons.